The number of aliphatic carboxylic acids is 1. The summed E-state index contributed by atoms with van der Waals surface area (Å²) in [4.78, 5) is 70.6. The zero-order valence-corrected chi connectivity index (χ0v) is 19.2. The molecule has 0 saturated heterocycles. The lowest BCUT2D eigenvalue weighted by Crippen LogP contribution is -2.57. The van der Waals surface area contributed by atoms with Gasteiger partial charge in [0.2, 0.25) is 23.6 Å². The van der Waals surface area contributed by atoms with E-state index in [2.05, 4.69) is 30.9 Å². The number of carboxylic acid groups (broad SMARTS) is 1. The number of hydrogen-bond acceptors (Lipinski definition) is 8. The Bertz CT molecular complexity index is 915. The molecule has 35 heavy (non-hydrogen) atoms. The van der Waals surface area contributed by atoms with E-state index in [1.807, 2.05) is 0 Å². The van der Waals surface area contributed by atoms with Crippen LogP contribution in [0.2, 0.25) is 0 Å². The minimum atomic E-state index is -1.40. The average molecular weight is 497 g/mol. The van der Waals surface area contributed by atoms with Gasteiger partial charge in [0.25, 0.3) is 0 Å². The summed E-state index contributed by atoms with van der Waals surface area (Å²) in [6, 6.07) is -4.92. The van der Waals surface area contributed by atoms with Gasteiger partial charge in [0.1, 0.15) is 18.1 Å². The Balaban J connectivity index is 2.71. The van der Waals surface area contributed by atoms with Gasteiger partial charge in [-0.15, -0.1) is 0 Å². The number of rotatable bonds is 15. The van der Waals surface area contributed by atoms with Gasteiger partial charge in [0.15, 0.2) is 5.96 Å². The molecule has 1 rings (SSSR count). The van der Waals surface area contributed by atoms with Crippen LogP contribution < -0.4 is 38.9 Å². The second-order valence-electron chi connectivity index (χ2n) is 7.70. The van der Waals surface area contributed by atoms with Gasteiger partial charge in [0, 0.05) is 24.9 Å². The highest BCUT2D eigenvalue weighted by atomic mass is 16.4. The van der Waals surface area contributed by atoms with Crippen LogP contribution in [0, 0.1) is 0 Å². The molecule has 0 fully saturated rings. The molecule has 0 radical (unpaired) electrons. The molecule has 0 aliphatic rings. The number of imidazole rings is 1. The number of amides is 4. The van der Waals surface area contributed by atoms with Crippen molar-refractivity contribution in [2.24, 2.45) is 27.9 Å². The molecule has 4 atom stereocenters. The van der Waals surface area contributed by atoms with Crippen LogP contribution >= 0.6 is 0 Å². The fourth-order valence-electron chi connectivity index (χ4n) is 2.83. The Labute approximate surface area is 200 Å². The molecule has 4 amide bonds. The second kappa shape index (κ2) is 14.1. The van der Waals surface area contributed by atoms with Crippen molar-refractivity contribution in [1.82, 2.24) is 25.9 Å². The summed E-state index contributed by atoms with van der Waals surface area (Å²) >= 11 is 0. The molecule has 1 heterocycles. The standard InChI is InChI=1S/C19H32N10O6/c1-9(15(31)29-13(18(34)35)5-10-7-24-8-26-10)27-17(33)12(6-14(21)30)28-16(32)11(20)3-2-4-25-19(22)23/h7-9,11-13H,2-6,20H2,1H3,(H2,21,30)(H,24,26)(H,27,33)(H,28,32)(H,29,31)(H,34,35)(H4,22,23,25). The monoisotopic (exact) mass is 496 g/mol. The summed E-state index contributed by atoms with van der Waals surface area (Å²) in [6.45, 7) is 1.56. The van der Waals surface area contributed by atoms with E-state index in [9.17, 15) is 29.1 Å². The molecule has 1 aromatic rings. The van der Waals surface area contributed by atoms with Crippen LogP contribution in [0.15, 0.2) is 17.5 Å². The molecule has 0 aliphatic carbocycles. The molecule has 4 unspecified atom stereocenters. The fraction of sp³-hybridized carbons (Fsp3) is 0.526. The molecule has 0 saturated carbocycles. The maximum atomic E-state index is 12.6. The lowest BCUT2D eigenvalue weighted by molar-refractivity contribution is -0.142. The van der Waals surface area contributed by atoms with Crippen LogP contribution in [-0.2, 0) is 30.4 Å². The highest BCUT2D eigenvalue weighted by Crippen LogP contribution is 2.02. The van der Waals surface area contributed by atoms with Crippen LogP contribution in [0.3, 0.4) is 0 Å². The average Bonchev–Trinajstić information content (AvgIpc) is 3.28. The topological polar surface area (TPSA) is 287 Å². The number of nitrogens with one attached hydrogen (secondary N) is 4. The van der Waals surface area contributed by atoms with Crippen molar-refractivity contribution >= 4 is 35.6 Å². The van der Waals surface area contributed by atoms with E-state index in [1.54, 1.807) is 0 Å². The Morgan fingerprint density at radius 2 is 1.71 bits per heavy atom. The van der Waals surface area contributed by atoms with Gasteiger partial charge in [-0.2, -0.15) is 0 Å². The molecular formula is C19H32N10O6. The molecule has 16 heteroatoms. The Morgan fingerprint density at radius 3 is 2.26 bits per heavy atom. The summed E-state index contributed by atoms with van der Waals surface area (Å²) in [5, 5.41) is 16.3. The number of carboxylic acids is 1. The third-order valence-corrected chi connectivity index (χ3v) is 4.69. The fourth-order valence-corrected chi connectivity index (χ4v) is 2.83. The van der Waals surface area contributed by atoms with Crippen molar-refractivity contribution in [1.29, 1.82) is 0 Å². The summed E-state index contributed by atoms with van der Waals surface area (Å²) in [6.07, 6.45) is 2.74. The number of nitrogens with zero attached hydrogens (tertiary/aromatic N) is 2. The van der Waals surface area contributed by atoms with Crippen LogP contribution in [0.1, 0.15) is 31.9 Å². The maximum absolute atomic E-state index is 12.6. The number of hydrogen-bond donors (Lipinski definition) is 9. The van der Waals surface area contributed by atoms with Gasteiger partial charge >= 0.3 is 5.97 Å². The lowest BCUT2D eigenvalue weighted by atomic mass is 10.1. The number of aliphatic imine (C=N–C) groups is 1. The first-order valence-electron chi connectivity index (χ1n) is 10.6. The molecule has 0 spiro atoms. The Morgan fingerprint density at radius 1 is 1.06 bits per heavy atom. The molecule has 13 N–H and O–H groups in total. The van der Waals surface area contributed by atoms with E-state index in [-0.39, 0.29) is 25.3 Å². The van der Waals surface area contributed by atoms with Gasteiger partial charge in [-0.1, -0.05) is 0 Å². The van der Waals surface area contributed by atoms with Crippen molar-refractivity contribution in [3.8, 4) is 0 Å². The van der Waals surface area contributed by atoms with Crippen LogP contribution in [0.25, 0.3) is 0 Å². The normalized spacial score (nSPS) is 14.0. The minimum Gasteiger partial charge on any atom is -0.480 e. The van der Waals surface area contributed by atoms with Gasteiger partial charge in [-0.05, 0) is 19.8 Å². The molecule has 0 aromatic carbocycles. The van der Waals surface area contributed by atoms with Crippen molar-refractivity contribution in [3.05, 3.63) is 18.2 Å². The number of nitrogens with two attached hydrogens (primary N) is 4. The van der Waals surface area contributed by atoms with E-state index in [0.717, 1.165) is 0 Å². The van der Waals surface area contributed by atoms with Crippen LogP contribution in [0.4, 0.5) is 0 Å². The van der Waals surface area contributed by atoms with Crippen LogP contribution in [0.5, 0.6) is 0 Å². The number of aromatic amines is 1. The SMILES string of the molecule is CC(NC(=O)C(CC(N)=O)NC(=O)C(N)CCCN=C(N)N)C(=O)NC(Cc1cnc[nH]1)C(=O)O. The quantitative estimate of drug-likeness (QED) is 0.0640. The predicted molar refractivity (Wildman–Crippen MR) is 123 cm³/mol. The van der Waals surface area contributed by atoms with Crippen molar-refractivity contribution in [2.45, 2.75) is 56.8 Å². The van der Waals surface area contributed by atoms with E-state index in [1.165, 1.54) is 19.4 Å². The van der Waals surface area contributed by atoms with Gasteiger partial charge < -0.3 is 49.0 Å². The van der Waals surface area contributed by atoms with Gasteiger partial charge in [-0.25, -0.2) is 9.78 Å². The van der Waals surface area contributed by atoms with Crippen molar-refractivity contribution in [3.63, 3.8) is 0 Å². The molecular weight excluding hydrogens is 464 g/mol. The first-order chi connectivity index (χ1) is 16.4. The van der Waals surface area contributed by atoms with E-state index in [4.69, 9.17) is 22.9 Å². The highest BCUT2D eigenvalue weighted by molar-refractivity contribution is 5.96. The zero-order valence-electron chi connectivity index (χ0n) is 19.2. The molecule has 16 nitrogen and oxygen atoms in total. The molecule has 0 aliphatic heterocycles. The third kappa shape index (κ3) is 11.0. The summed E-state index contributed by atoms with van der Waals surface area (Å²) in [5.74, 6) is -4.68. The molecule has 194 valence electrons. The molecule has 0 bridgehead atoms. The number of carbonyl (C=O) groups excluding carboxylic acids is 4. The van der Waals surface area contributed by atoms with E-state index >= 15 is 0 Å². The summed E-state index contributed by atoms with van der Waals surface area (Å²) < 4.78 is 0. The predicted octanol–water partition coefficient (Wildman–Crippen LogP) is -4.23. The number of H-pyrrole nitrogens is 1. The Kier molecular flexibility index (Phi) is 11.6. The first kappa shape index (κ1) is 28.8. The van der Waals surface area contributed by atoms with Crippen molar-refractivity contribution in [2.75, 3.05) is 6.54 Å². The summed E-state index contributed by atoms with van der Waals surface area (Å²) in [7, 11) is 0. The first-order valence-corrected chi connectivity index (χ1v) is 10.6. The third-order valence-electron chi connectivity index (χ3n) is 4.69. The largest absolute Gasteiger partial charge is 0.480 e. The zero-order chi connectivity index (χ0) is 26.5. The van der Waals surface area contributed by atoms with Crippen LogP contribution in [-0.4, -0.2) is 81.3 Å². The maximum Gasteiger partial charge on any atom is 0.326 e. The second-order valence-corrected chi connectivity index (χ2v) is 7.70. The highest BCUT2D eigenvalue weighted by Gasteiger charge is 2.29. The van der Waals surface area contributed by atoms with Gasteiger partial charge in [0.05, 0.1) is 18.8 Å². The van der Waals surface area contributed by atoms with Crippen molar-refractivity contribution < 1.29 is 29.1 Å². The smallest absolute Gasteiger partial charge is 0.326 e. The minimum absolute atomic E-state index is 0.0663. The number of primary amides is 1. The summed E-state index contributed by atoms with van der Waals surface area (Å²) in [5.41, 5.74) is 21.9. The molecule has 1 aromatic heterocycles. The number of carbonyl (C=O) groups is 5. The Hall–Kier alpha value is -4.21. The van der Waals surface area contributed by atoms with E-state index < -0.39 is 60.2 Å². The lowest BCUT2D eigenvalue weighted by Gasteiger charge is -2.23. The number of aromatic nitrogens is 2. The van der Waals surface area contributed by atoms with E-state index in [0.29, 0.717) is 12.1 Å². The number of guanidine groups is 1. The van der Waals surface area contributed by atoms with Gasteiger partial charge in [-0.3, -0.25) is 24.2 Å².